The Labute approximate surface area is 114 Å². The van der Waals surface area contributed by atoms with E-state index in [0.29, 0.717) is 6.54 Å². The van der Waals surface area contributed by atoms with Crippen LogP contribution in [0.15, 0.2) is 0 Å². The third kappa shape index (κ3) is 4.36. The fraction of sp³-hybridized carbons (Fsp3) is 0.833. The van der Waals surface area contributed by atoms with Crippen molar-refractivity contribution in [2.45, 2.75) is 19.0 Å². The highest BCUT2D eigenvalue weighted by Crippen LogP contribution is 2.05. The van der Waals surface area contributed by atoms with Crippen LogP contribution in [0, 0.1) is 0 Å². The standard InChI is InChI=1S/C12H24N4O3/c1-9(11(17)18)16(4)12(19)13-7-10-8-14(2)5-6-15(10)3/h9-10H,5-8H2,1-4H3,(H,13,19)(H,17,18). The summed E-state index contributed by atoms with van der Waals surface area (Å²) in [6.07, 6.45) is 0. The predicted octanol–water partition coefficient (Wildman–Crippen LogP) is -0.653. The maximum absolute atomic E-state index is 11.8. The zero-order valence-corrected chi connectivity index (χ0v) is 12.1. The summed E-state index contributed by atoms with van der Waals surface area (Å²) in [4.78, 5) is 28.3. The van der Waals surface area contributed by atoms with Gasteiger partial charge >= 0.3 is 12.0 Å². The number of nitrogens with zero attached hydrogens (tertiary/aromatic N) is 3. The van der Waals surface area contributed by atoms with Crippen LogP contribution < -0.4 is 5.32 Å². The summed E-state index contributed by atoms with van der Waals surface area (Å²) in [6, 6.07) is -0.917. The number of hydrogen-bond acceptors (Lipinski definition) is 4. The molecule has 1 rings (SSSR count). The second-order valence-electron chi connectivity index (χ2n) is 5.21. The number of carboxylic acids is 1. The number of amides is 2. The van der Waals surface area contributed by atoms with Crippen LogP contribution in [0.3, 0.4) is 0 Å². The number of likely N-dealkylation sites (N-methyl/N-ethyl adjacent to an activating group) is 3. The lowest BCUT2D eigenvalue weighted by atomic mass is 10.2. The molecule has 19 heavy (non-hydrogen) atoms. The molecule has 110 valence electrons. The molecule has 0 aliphatic carbocycles. The van der Waals surface area contributed by atoms with Crippen molar-refractivity contribution in [3.05, 3.63) is 0 Å². The van der Waals surface area contributed by atoms with Gasteiger partial charge in [0.1, 0.15) is 6.04 Å². The van der Waals surface area contributed by atoms with Gasteiger partial charge in [-0.3, -0.25) is 4.90 Å². The van der Waals surface area contributed by atoms with E-state index in [1.807, 2.05) is 7.05 Å². The molecule has 0 radical (unpaired) electrons. The molecule has 1 aliphatic rings. The molecule has 1 fully saturated rings. The second-order valence-corrected chi connectivity index (χ2v) is 5.21. The minimum absolute atomic E-state index is 0.260. The first-order chi connectivity index (χ1) is 8.82. The van der Waals surface area contributed by atoms with Gasteiger partial charge in [0, 0.05) is 39.3 Å². The summed E-state index contributed by atoms with van der Waals surface area (Å²) in [6.45, 7) is 4.91. The molecule has 2 unspecified atom stereocenters. The monoisotopic (exact) mass is 272 g/mol. The molecule has 7 nitrogen and oxygen atoms in total. The van der Waals surface area contributed by atoms with Crippen molar-refractivity contribution in [1.29, 1.82) is 0 Å². The zero-order chi connectivity index (χ0) is 14.6. The number of carboxylic acid groups (broad SMARTS) is 1. The first-order valence-electron chi connectivity index (χ1n) is 6.45. The highest BCUT2D eigenvalue weighted by molar-refractivity contribution is 5.82. The van der Waals surface area contributed by atoms with Crippen LogP contribution in [0.25, 0.3) is 0 Å². The molecule has 0 saturated carbocycles. The zero-order valence-electron chi connectivity index (χ0n) is 12.1. The lowest BCUT2D eigenvalue weighted by Crippen LogP contribution is -2.56. The summed E-state index contributed by atoms with van der Waals surface area (Å²) in [7, 11) is 5.58. The molecule has 1 aliphatic heterocycles. The van der Waals surface area contributed by atoms with Gasteiger partial charge in [-0.05, 0) is 21.0 Å². The van der Waals surface area contributed by atoms with Crippen molar-refractivity contribution in [2.24, 2.45) is 0 Å². The molecule has 0 aromatic carbocycles. The lowest BCUT2D eigenvalue weighted by molar-refractivity contribution is -0.141. The van der Waals surface area contributed by atoms with Gasteiger partial charge < -0.3 is 20.2 Å². The Morgan fingerprint density at radius 1 is 1.42 bits per heavy atom. The maximum atomic E-state index is 11.8. The Kier molecular flexibility index (Phi) is 5.56. The normalized spacial score (nSPS) is 22.8. The van der Waals surface area contributed by atoms with Crippen molar-refractivity contribution in [3.63, 3.8) is 0 Å². The van der Waals surface area contributed by atoms with Crippen LogP contribution in [0.4, 0.5) is 4.79 Å². The van der Waals surface area contributed by atoms with E-state index in [9.17, 15) is 9.59 Å². The minimum atomic E-state index is -1.01. The molecule has 0 bridgehead atoms. The summed E-state index contributed by atoms with van der Waals surface area (Å²) >= 11 is 0. The first-order valence-corrected chi connectivity index (χ1v) is 6.45. The molecule has 0 aromatic rings. The lowest BCUT2D eigenvalue weighted by Gasteiger charge is -2.38. The topological polar surface area (TPSA) is 76.1 Å². The number of rotatable bonds is 4. The van der Waals surface area contributed by atoms with Crippen molar-refractivity contribution in [1.82, 2.24) is 20.0 Å². The van der Waals surface area contributed by atoms with Gasteiger partial charge in [-0.15, -0.1) is 0 Å². The molecule has 2 amide bonds. The fourth-order valence-electron chi connectivity index (χ4n) is 1.99. The van der Waals surface area contributed by atoms with E-state index in [1.165, 1.54) is 18.9 Å². The van der Waals surface area contributed by atoms with Crippen molar-refractivity contribution in [3.8, 4) is 0 Å². The highest BCUT2D eigenvalue weighted by atomic mass is 16.4. The van der Waals surface area contributed by atoms with E-state index in [-0.39, 0.29) is 12.1 Å². The van der Waals surface area contributed by atoms with Crippen molar-refractivity contribution in [2.75, 3.05) is 47.3 Å². The molecule has 1 saturated heterocycles. The van der Waals surface area contributed by atoms with Crippen LogP contribution in [0.2, 0.25) is 0 Å². The minimum Gasteiger partial charge on any atom is -0.480 e. The third-order valence-electron chi connectivity index (χ3n) is 3.73. The Balaban J connectivity index is 2.43. The van der Waals surface area contributed by atoms with E-state index in [0.717, 1.165) is 19.6 Å². The van der Waals surface area contributed by atoms with E-state index in [1.54, 1.807) is 0 Å². The smallest absolute Gasteiger partial charge is 0.326 e. The van der Waals surface area contributed by atoms with Crippen LogP contribution in [-0.2, 0) is 4.79 Å². The Morgan fingerprint density at radius 3 is 2.63 bits per heavy atom. The molecule has 0 spiro atoms. The van der Waals surface area contributed by atoms with Crippen LogP contribution >= 0.6 is 0 Å². The highest BCUT2D eigenvalue weighted by Gasteiger charge is 2.25. The number of carbonyl (C=O) groups excluding carboxylic acids is 1. The number of hydrogen-bond donors (Lipinski definition) is 2. The molecule has 2 atom stereocenters. The fourth-order valence-corrected chi connectivity index (χ4v) is 1.99. The van der Waals surface area contributed by atoms with Gasteiger partial charge in [-0.25, -0.2) is 9.59 Å². The molecule has 2 N–H and O–H groups in total. The number of nitrogens with one attached hydrogen (secondary N) is 1. The Morgan fingerprint density at radius 2 is 2.05 bits per heavy atom. The van der Waals surface area contributed by atoms with Crippen LogP contribution in [0.1, 0.15) is 6.92 Å². The Hall–Kier alpha value is -1.34. The maximum Gasteiger partial charge on any atom is 0.326 e. The number of urea groups is 1. The molecule has 1 heterocycles. The Bertz CT molecular complexity index is 337. The van der Waals surface area contributed by atoms with Gasteiger partial charge in [-0.1, -0.05) is 0 Å². The molecular weight excluding hydrogens is 248 g/mol. The van der Waals surface area contributed by atoms with Crippen LogP contribution in [-0.4, -0.2) is 91.2 Å². The third-order valence-corrected chi connectivity index (χ3v) is 3.73. The van der Waals surface area contributed by atoms with E-state index in [2.05, 4.69) is 22.2 Å². The van der Waals surface area contributed by atoms with E-state index < -0.39 is 12.0 Å². The van der Waals surface area contributed by atoms with Gasteiger partial charge in [0.15, 0.2) is 0 Å². The van der Waals surface area contributed by atoms with E-state index >= 15 is 0 Å². The summed E-state index contributed by atoms with van der Waals surface area (Å²) in [5, 5.41) is 11.7. The van der Waals surface area contributed by atoms with Crippen molar-refractivity contribution >= 4 is 12.0 Å². The SMILES string of the molecule is CC(C(=O)O)N(C)C(=O)NCC1CN(C)CCN1C. The van der Waals surface area contributed by atoms with Gasteiger partial charge in [0.25, 0.3) is 0 Å². The van der Waals surface area contributed by atoms with E-state index in [4.69, 9.17) is 5.11 Å². The quantitative estimate of drug-likeness (QED) is 0.711. The molecule has 7 heteroatoms. The number of aliphatic carboxylic acids is 1. The van der Waals surface area contributed by atoms with Crippen LogP contribution in [0.5, 0.6) is 0 Å². The predicted molar refractivity (Wildman–Crippen MR) is 72.2 cm³/mol. The first kappa shape index (κ1) is 15.7. The largest absolute Gasteiger partial charge is 0.480 e. The van der Waals surface area contributed by atoms with Gasteiger partial charge in [-0.2, -0.15) is 0 Å². The number of carbonyl (C=O) groups is 2. The average molecular weight is 272 g/mol. The van der Waals surface area contributed by atoms with Crippen molar-refractivity contribution < 1.29 is 14.7 Å². The summed E-state index contributed by atoms with van der Waals surface area (Å²) < 4.78 is 0. The van der Waals surface area contributed by atoms with Gasteiger partial charge in [0.05, 0.1) is 0 Å². The summed E-state index contributed by atoms with van der Waals surface area (Å²) in [5.41, 5.74) is 0. The second kappa shape index (κ2) is 6.72. The molecule has 0 aromatic heterocycles. The van der Waals surface area contributed by atoms with Gasteiger partial charge in [0.2, 0.25) is 0 Å². The number of piperazine rings is 1. The average Bonchev–Trinajstić information content (AvgIpc) is 2.37. The molecular formula is C12H24N4O3. The summed E-state index contributed by atoms with van der Waals surface area (Å²) in [5.74, 6) is -1.01.